The molecule has 176 valence electrons. The summed E-state index contributed by atoms with van der Waals surface area (Å²) in [5.74, 6) is 1.49. The molecule has 2 heterocycles. The lowest BCUT2D eigenvalue weighted by Gasteiger charge is -2.10. The number of para-hydroxylation sites is 2. The van der Waals surface area contributed by atoms with Crippen molar-refractivity contribution in [3.8, 4) is 32.6 Å². The van der Waals surface area contributed by atoms with Crippen molar-refractivity contribution in [2.24, 2.45) is 0 Å². The van der Waals surface area contributed by atoms with E-state index in [9.17, 15) is 0 Å². The molecule has 0 spiro atoms. The van der Waals surface area contributed by atoms with E-state index in [1.54, 1.807) is 0 Å². The zero-order valence-corrected chi connectivity index (χ0v) is 19.3. The van der Waals surface area contributed by atoms with Crippen LogP contribution in [-0.4, -0.2) is 76.3 Å². The Balaban J connectivity index is 1.49. The summed E-state index contributed by atoms with van der Waals surface area (Å²) in [5, 5.41) is 10.4. The van der Waals surface area contributed by atoms with Gasteiger partial charge in [0.15, 0.2) is 10.0 Å². The minimum absolute atomic E-state index is 0.433. The van der Waals surface area contributed by atoms with E-state index >= 15 is 0 Å². The summed E-state index contributed by atoms with van der Waals surface area (Å²) in [4.78, 5) is 0. The molecule has 2 bridgehead atoms. The number of benzene rings is 2. The molecular weight excluding hydrogens is 444 g/mol. The van der Waals surface area contributed by atoms with Gasteiger partial charge in [0, 0.05) is 0 Å². The van der Waals surface area contributed by atoms with Crippen molar-refractivity contribution < 1.29 is 28.4 Å². The Kier molecular flexibility index (Phi) is 9.45. The fourth-order valence-corrected chi connectivity index (χ4v) is 4.07. The average Bonchev–Trinajstić information content (AvgIpc) is 3.34. The number of aromatic nitrogens is 2. The summed E-state index contributed by atoms with van der Waals surface area (Å²) >= 11 is 1.50. The molecule has 3 aromatic rings. The highest BCUT2D eigenvalue weighted by atomic mass is 32.1. The number of hydrogen-bond donors (Lipinski definition) is 0. The SMILES string of the molecule is c1ccc2c(c1)OCCOCCOCCOCCOCCOc1ccccc1-c1nnc-2s1. The molecular formula is C24H28N2O6S. The Hall–Kier alpha value is -2.56. The number of fused-ring (bicyclic) bond motifs is 6. The van der Waals surface area contributed by atoms with E-state index in [-0.39, 0.29) is 0 Å². The van der Waals surface area contributed by atoms with Crippen LogP contribution in [0.3, 0.4) is 0 Å². The molecule has 4 rings (SSSR count). The van der Waals surface area contributed by atoms with E-state index in [1.807, 2.05) is 48.5 Å². The van der Waals surface area contributed by atoms with Gasteiger partial charge in [-0.15, -0.1) is 10.2 Å². The largest absolute Gasteiger partial charge is 0.490 e. The summed E-state index contributed by atoms with van der Waals surface area (Å²) in [7, 11) is 0. The Morgan fingerprint density at radius 1 is 0.485 bits per heavy atom. The fourth-order valence-electron chi connectivity index (χ4n) is 3.16. The molecule has 33 heavy (non-hydrogen) atoms. The summed E-state index contributed by atoms with van der Waals surface area (Å²) in [5.41, 5.74) is 1.80. The Labute approximate surface area is 197 Å². The summed E-state index contributed by atoms with van der Waals surface area (Å²) in [6.07, 6.45) is 0. The number of hydrogen-bond acceptors (Lipinski definition) is 9. The van der Waals surface area contributed by atoms with Gasteiger partial charge in [0.1, 0.15) is 24.7 Å². The van der Waals surface area contributed by atoms with E-state index in [2.05, 4.69) is 10.2 Å². The maximum Gasteiger partial charge on any atom is 0.151 e. The minimum Gasteiger partial charge on any atom is -0.490 e. The van der Waals surface area contributed by atoms with E-state index in [0.29, 0.717) is 66.1 Å². The first kappa shape index (κ1) is 23.6. The van der Waals surface area contributed by atoms with Gasteiger partial charge in [0.2, 0.25) is 0 Å². The molecule has 0 aliphatic carbocycles. The molecule has 0 amide bonds. The molecule has 9 heteroatoms. The van der Waals surface area contributed by atoms with Crippen LogP contribution in [0.5, 0.6) is 11.5 Å². The van der Waals surface area contributed by atoms with Gasteiger partial charge in [-0.05, 0) is 24.3 Å². The van der Waals surface area contributed by atoms with E-state index in [4.69, 9.17) is 28.4 Å². The van der Waals surface area contributed by atoms with Crippen LogP contribution in [-0.2, 0) is 18.9 Å². The second kappa shape index (κ2) is 13.2. The van der Waals surface area contributed by atoms with Crippen LogP contribution < -0.4 is 9.47 Å². The summed E-state index contributed by atoms with van der Waals surface area (Å²) in [6, 6.07) is 15.6. The van der Waals surface area contributed by atoms with Gasteiger partial charge in [0.25, 0.3) is 0 Å². The van der Waals surface area contributed by atoms with E-state index in [1.165, 1.54) is 11.3 Å². The zero-order chi connectivity index (χ0) is 22.6. The molecule has 1 aliphatic heterocycles. The van der Waals surface area contributed by atoms with Crippen molar-refractivity contribution in [2.75, 3.05) is 66.1 Å². The van der Waals surface area contributed by atoms with Crippen LogP contribution in [0, 0.1) is 0 Å². The zero-order valence-electron chi connectivity index (χ0n) is 18.4. The quantitative estimate of drug-likeness (QED) is 0.490. The topological polar surface area (TPSA) is 81.2 Å². The molecule has 8 nitrogen and oxygen atoms in total. The average molecular weight is 473 g/mol. The lowest BCUT2D eigenvalue weighted by molar-refractivity contribution is -0.00696. The highest BCUT2D eigenvalue weighted by molar-refractivity contribution is 7.18. The maximum absolute atomic E-state index is 5.96. The lowest BCUT2D eigenvalue weighted by atomic mass is 10.2. The predicted molar refractivity (Wildman–Crippen MR) is 125 cm³/mol. The van der Waals surface area contributed by atoms with Crippen LogP contribution in [0.4, 0.5) is 0 Å². The molecule has 1 aromatic heterocycles. The Morgan fingerprint density at radius 2 is 0.848 bits per heavy atom. The first-order valence-electron chi connectivity index (χ1n) is 11.0. The van der Waals surface area contributed by atoms with Crippen molar-refractivity contribution in [3.05, 3.63) is 48.5 Å². The van der Waals surface area contributed by atoms with E-state index in [0.717, 1.165) is 32.6 Å². The molecule has 0 radical (unpaired) electrons. The van der Waals surface area contributed by atoms with Crippen molar-refractivity contribution >= 4 is 11.3 Å². The Bertz CT molecular complexity index is 907. The van der Waals surface area contributed by atoms with Crippen LogP contribution in [0.15, 0.2) is 48.5 Å². The first-order valence-corrected chi connectivity index (χ1v) is 11.8. The van der Waals surface area contributed by atoms with Gasteiger partial charge in [-0.3, -0.25) is 0 Å². The van der Waals surface area contributed by atoms with Crippen molar-refractivity contribution in [1.29, 1.82) is 0 Å². The normalized spacial score (nSPS) is 17.1. The van der Waals surface area contributed by atoms with Gasteiger partial charge in [-0.2, -0.15) is 0 Å². The molecule has 2 aromatic carbocycles. The van der Waals surface area contributed by atoms with Crippen molar-refractivity contribution in [3.63, 3.8) is 0 Å². The molecule has 0 N–H and O–H groups in total. The standard InChI is InChI=1S/C24H28N2O6S/c1-3-7-21-19(5-1)23-25-26-24(33-23)20-6-2-4-8-22(20)32-18-16-30-14-12-28-10-9-27-11-13-29-15-17-31-21/h1-8H,9-18H2. The third-order valence-corrected chi connectivity index (χ3v) is 5.74. The highest BCUT2D eigenvalue weighted by Crippen LogP contribution is 2.38. The minimum atomic E-state index is 0.433. The van der Waals surface area contributed by atoms with E-state index < -0.39 is 0 Å². The number of nitrogens with zero attached hydrogens (tertiary/aromatic N) is 2. The summed E-state index contributed by atoms with van der Waals surface area (Å²) < 4.78 is 34.1. The third-order valence-electron chi connectivity index (χ3n) is 4.75. The lowest BCUT2D eigenvalue weighted by Crippen LogP contribution is -2.14. The number of ether oxygens (including phenoxy) is 6. The predicted octanol–water partition coefficient (Wildman–Crippen LogP) is 3.71. The fraction of sp³-hybridized carbons (Fsp3) is 0.417. The van der Waals surface area contributed by atoms with Crippen LogP contribution in [0.25, 0.3) is 21.1 Å². The number of rotatable bonds is 0. The van der Waals surface area contributed by atoms with Crippen LogP contribution >= 0.6 is 11.3 Å². The third kappa shape index (κ3) is 7.21. The highest BCUT2D eigenvalue weighted by Gasteiger charge is 2.15. The van der Waals surface area contributed by atoms with Crippen molar-refractivity contribution in [1.82, 2.24) is 10.2 Å². The molecule has 0 saturated heterocycles. The maximum atomic E-state index is 5.96. The Morgan fingerprint density at radius 3 is 1.27 bits per heavy atom. The molecule has 0 fully saturated rings. The van der Waals surface area contributed by atoms with Gasteiger partial charge in [-0.25, -0.2) is 0 Å². The first-order chi connectivity index (χ1) is 16.4. The van der Waals surface area contributed by atoms with Crippen LogP contribution in [0.2, 0.25) is 0 Å². The smallest absolute Gasteiger partial charge is 0.151 e. The molecule has 0 saturated carbocycles. The second-order valence-corrected chi connectivity index (χ2v) is 8.03. The van der Waals surface area contributed by atoms with Gasteiger partial charge < -0.3 is 28.4 Å². The molecule has 0 atom stereocenters. The van der Waals surface area contributed by atoms with Gasteiger partial charge >= 0.3 is 0 Å². The van der Waals surface area contributed by atoms with Crippen molar-refractivity contribution in [2.45, 2.75) is 0 Å². The molecule has 0 unspecified atom stereocenters. The van der Waals surface area contributed by atoms with Gasteiger partial charge in [-0.1, -0.05) is 35.6 Å². The van der Waals surface area contributed by atoms with Crippen LogP contribution in [0.1, 0.15) is 0 Å². The second-order valence-electron chi connectivity index (χ2n) is 7.05. The molecule has 1 aliphatic rings. The summed E-state index contributed by atoms with van der Waals surface area (Å²) in [6.45, 7) is 4.90. The monoisotopic (exact) mass is 472 g/mol. The van der Waals surface area contributed by atoms with Gasteiger partial charge in [0.05, 0.1) is 64.0 Å².